The summed E-state index contributed by atoms with van der Waals surface area (Å²) in [5.74, 6) is 0.738. The van der Waals surface area contributed by atoms with Crippen LogP contribution < -0.4 is 5.32 Å². The number of amides is 1. The lowest BCUT2D eigenvalue weighted by Crippen LogP contribution is -2.34. The van der Waals surface area contributed by atoms with Crippen LogP contribution >= 0.6 is 0 Å². The van der Waals surface area contributed by atoms with Gasteiger partial charge in [-0.3, -0.25) is 4.79 Å². The molecule has 1 saturated heterocycles. The predicted octanol–water partition coefficient (Wildman–Crippen LogP) is 2.79. The molecule has 0 bridgehead atoms. The molecule has 1 aliphatic heterocycles. The lowest BCUT2D eigenvalue weighted by Gasteiger charge is -2.29. The van der Waals surface area contributed by atoms with Crippen LogP contribution in [0.3, 0.4) is 0 Å². The van der Waals surface area contributed by atoms with E-state index in [0.29, 0.717) is 0 Å². The van der Waals surface area contributed by atoms with Gasteiger partial charge < -0.3 is 10.2 Å². The van der Waals surface area contributed by atoms with Crippen molar-refractivity contribution >= 4 is 12.0 Å². The van der Waals surface area contributed by atoms with E-state index >= 15 is 0 Å². The summed E-state index contributed by atoms with van der Waals surface area (Å²) in [6.45, 7) is 6.84. The second-order valence-electron chi connectivity index (χ2n) is 5.64. The Bertz CT molecular complexity index is 453. The summed E-state index contributed by atoms with van der Waals surface area (Å²) in [5.41, 5.74) is 1.75. The van der Waals surface area contributed by atoms with Crippen molar-refractivity contribution in [3.63, 3.8) is 0 Å². The maximum absolute atomic E-state index is 12.0. The third-order valence-electron chi connectivity index (χ3n) is 3.97. The predicted molar refractivity (Wildman–Crippen MR) is 83.7 cm³/mol. The van der Waals surface area contributed by atoms with E-state index in [1.807, 2.05) is 24.3 Å². The molecule has 1 aromatic carbocycles. The Kier molecular flexibility index (Phi) is 5.36. The van der Waals surface area contributed by atoms with Gasteiger partial charge in [0.15, 0.2) is 0 Å². The highest BCUT2D eigenvalue weighted by Gasteiger charge is 2.16. The number of nitrogens with one attached hydrogen (secondary N) is 1. The van der Waals surface area contributed by atoms with Gasteiger partial charge in [-0.1, -0.05) is 24.8 Å². The molecule has 1 fully saturated rings. The lowest BCUT2D eigenvalue weighted by atomic mass is 9.95. The summed E-state index contributed by atoms with van der Waals surface area (Å²) in [4.78, 5) is 14.4. The van der Waals surface area contributed by atoms with Gasteiger partial charge in [0, 0.05) is 18.7 Å². The molecule has 3 heteroatoms. The Labute approximate surface area is 121 Å². The maximum Gasteiger partial charge on any atom is 0.251 e. The van der Waals surface area contributed by atoms with E-state index in [9.17, 15) is 4.79 Å². The highest BCUT2D eigenvalue weighted by Crippen LogP contribution is 2.17. The fraction of sp³-hybridized carbons (Fsp3) is 0.471. The number of nitrogens with zero attached hydrogens (tertiary/aromatic N) is 1. The summed E-state index contributed by atoms with van der Waals surface area (Å²) in [6.07, 6.45) is 5.41. The van der Waals surface area contributed by atoms with Crippen LogP contribution in [-0.2, 0) is 0 Å². The Morgan fingerprint density at radius 1 is 1.45 bits per heavy atom. The van der Waals surface area contributed by atoms with Crippen molar-refractivity contribution in [2.75, 3.05) is 26.7 Å². The second-order valence-corrected chi connectivity index (χ2v) is 5.64. The molecule has 3 nitrogen and oxygen atoms in total. The van der Waals surface area contributed by atoms with E-state index in [1.54, 1.807) is 6.08 Å². The SMILES string of the molecule is C=Cc1ccc(C(=O)NCC[C@H]2CCCN(C)C2)cc1. The number of hydrogen-bond acceptors (Lipinski definition) is 2. The number of rotatable bonds is 5. The Morgan fingerprint density at radius 3 is 2.85 bits per heavy atom. The molecule has 0 aliphatic carbocycles. The zero-order valence-corrected chi connectivity index (χ0v) is 12.3. The van der Waals surface area contributed by atoms with Crippen LogP contribution in [0, 0.1) is 5.92 Å². The number of carbonyl (C=O) groups is 1. The maximum atomic E-state index is 12.0. The van der Waals surface area contributed by atoms with Crippen LogP contribution in [0.4, 0.5) is 0 Å². The monoisotopic (exact) mass is 272 g/mol. The van der Waals surface area contributed by atoms with Gasteiger partial charge in [-0.2, -0.15) is 0 Å². The summed E-state index contributed by atoms with van der Waals surface area (Å²) in [7, 11) is 2.17. The van der Waals surface area contributed by atoms with Crippen molar-refractivity contribution in [1.29, 1.82) is 0 Å². The number of piperidine rings is 1. The molecule has 0 aromatic heterocycles. The van der Waals surface area contributed by atoms with Gasteiger partial charge in [0.05, 0.1) is 0 Å². The van der Waals surface area contributed by atoms with E-state index < -0.39 is 0 Å². The van der Waals surface area contributed by atoms with Gasteiger partial charge in [-0.15, -0.1) is 0 Å². The third-order valence-corrected chi connectivity index (χ3v) is 3.97. The summed E-state index contributed by atoms with van der Waals surface area (Å²) < 4.78 is 0. The molecule has 1 aliphatic rings. The van der Waals surface area contributed by atoms with Gasteiger partial charge in [-0.25, -0.2) is 0 Å². The lowest BCUT2D eigenvalue weighted by molar-refractivity contribution is 0.0948. The molecule has 0 radical (unpaired) electrons. The first-order chi connectivity index (χ1) is 9.69. The third kappa shape index (κ3) is 4.20. The van der Waals surface area contributed by atoms with E-state index in [1.165, 1.54) is 19.4 Å². The van der Waals surface area contributed by atoms with Crippen LogP contribution in [0.5, 0.6) is 0 Å². The number of likely N-dealkylation sites (tertiary alicyclic amines) is 1. The van der Waals surface area contributed by atoms with Crippen molar-refractivity contribution in [3.8, 4) is 0 Å². The van der Waals surface area contributed by atoms with Gasteiger partial charge in [0.1, 0.15) is 0 Å². The first-order valence-corrected chi connectivity index (χ1v) is 7.38. The minimum absolute atomic E-state index is 0.0183. The smallest absolute Gasteiger partial charge is 0.251 e. The van der Waals surface area contributed by atoms with Crippen LogP contribution in [-0.4, -0.2) is 37.5 Å². The average molecular weight is 272 g/mol. The van der Waals surface area contributed by atoms with Crippen molar-refractivity contribution in [2.45, 2.75) is 19.3 Å². The number of carbonyl (C=O) groups excluding carboxylic acids is 1. The molecule has 1 amide bonds. The molecule has 2 rings (SSSR count). The number of benzene rings is 1. The second kappa shape index (κ2) is 7.25. The molecule has 108 valence electrons. The quantitative estimate of drug-likeness (QED) is 0.894. The molecular weight excluding hydrogens is 248 g/mol. The molecule has 1 heterocycles. The van der Waals surface area contributed by atoms with Crippen LogP contribution in [0.15, 0.2) is 30.8 Å². The average Bonchev–Trinajstić information content (AvgIpc) is 2.47. The molecule has 1 N–H and O–H groups in total. The van der Waals surface area contributed by atoms with Crippen molar-refractivity contribution in [2.24, 2.45) is 5.92 Å². The minimum Gasteiger partial charge on any atom is -0.352 e. The van der Waals surface area contributed by atoms with Crippen molar-refractivity contribution in [1.82, 2.24) is 10.2 Å². The summed E-state index contributed by atoms with van der Waals surface area (Å²) in [6, 6.07) is 7.53. The molecule has 0 saturated carbocycles. The van der Waals surface area contributed by atoms with Crippen molar-refractivity contribution < 1.29 is 4.79 Å². The Hall–Kier alpha value is -1.61. The normalized spacial score (nSPS) is 19.6. The zero-order chi connectivity index (χ0) is 14.4. The largest absolute Gasteiger partial charge is 0.352 e. The van der Waals surface area contributed by atoms with Gasteiger partial charge in [0.2, 0.25) is 0 Å². The van der Waals surface area contributed by atoms with Crippen LogP contribution in [0.2, 0.25) is 0 Å². The molecule has 1 aromatic rings. The summed E-state index contributed by atoms with van der Waals surface area (Å²) >= 11 is 0. The molecule has 1 atom stereocenters. The zero-order valence-electron chi connectivity index (χ0n) is 12.3. The minimum atomic E-state index is 0.0183. The first-order valence-electron chi connectivity index (χ1n) is 7.38. The standard InChI is InChI=1S/C17H24N2O/c1-3-14-6-8-16(9-7-14)17(20)18-11-10-15-5-4-12-19(2)13-15/h3,6-9,15H,1,4-5,10-13H2,2H3,(H,18,20)/t15-/m1/s1. The van der Waals surface area contributed by atoms with E-state index in [4.69, 9.17) is 0 Å². The topological polar surface area (TPSA) is 32.3 Å². The van der Waals surface area contributed by atoms with Crippen molar-refractivity contribution in [3.05, 3.63) is 42.0 Å². The van der Waals surface area contributed by atoms with E-state index in [2.05, 4.69) is 23.8 Å². The molecular formula is C17H24N2O. The fourth-order valence-electron chi connectivity index (χ4n) is 2.77. The Morgan fingerprint density at radius 2 is 2.20 bits per heavy atom. The highest BCUT2D eigenvalue weighted by atomic mass is 16.1. The first kappa shape index (κ1) is 14.8. The highest BCUT2D eigenvalue weighted by molar-refractivity contribution is 5.94. The van der Waals surface area contributed by atoms with Crippen LogP contribution in [0.1, 0.15) is 35.2 Å². The fourth-order valence-corrected chi connectivity index (χ4v) is 2.77. The molecule has 0 spiro atoms. The van der Waals surface area contributed by atoms with E-state index in [0.717, 1.165) is 36.6 Å². The molecule has 20 heavy (non-hydrogen) atoms. The van der Waals surface area contributed by atoms with Gasteiger partial charge in [-0.05, 0) is 56.5 Å². The summed E-state index contributed by atoms with van der Waals surface area (Å²) in [5, 5.41) is 3.02. The molecule has 0 unspecified atom stereocenters. The van der Waals surface area contributed by atoms with Gasteiger partial charge in [0.25, 0.3) is 5.91 Å². The van der Waals surface area contributed by atoms with Gasteiger partial charge >= 0.3 is 0 Å². The van der Waals surface area contributed by atoms with E-state index in [-0.39, 0.29) is 5.91 Å². The van der Waals surface area contributed by atoms with Crippen LogP contribution in [0.25, 0.3) is 6.08 Å². The number of hydrogen-bond donors (Lipinski definition) is 1. The Balaban J connectivity index is 1.75.